The first-order valence-corrected chi connectivity index (χ1v) is 8.12. The Morgan fingerprint density at radius 3 is 2.71 bits per heavy atom. The Bertz CT molecular complexity index is 751. The Morgan fingerprint density at radius 2 is 1.96 bits per heavy atom. The maximum atomic E-state index is 12.2. The minimum atomic E-state index is -0.389. The van der Waals surface area contributed by atoms with Crippen LogP contribution in [-0.2, 0) is 11.3 Å². The molecule has 8 nitrogen and oxygen atoms in total. The molecule has 3 rings (SSSR count). The van der Waals surface area contributed by atoms with E-state index in [2.05, 4.69) is 15.3 Å². The monoisotopic (exact) mass is 347 g/mol. The molecule has 1 aliphatic rings. The molecule has 0 spiro atoms. The van der Waals surface area contributed by atoms with Gasteiger partial charge in [-0.15, -0.1) is 0 Å². The molecule has 2 aromatic rings. The van der Waals surface area contributed by atoms with Gasteiger partial charge in [-0.05, 0) is 24.6 Å². The lowest BCUT2D eigenvalue weighted by molar-refractivity contribution is -0.120. The molecule has 1 atom stereocenters. The van der Waals surface area contributed by atoms with Crippen molar-refractivity contribution in [1.29, 1.82) is 0 Å². The zero-order chi connectivity index (χ0) is 17.1. The van der Waals surface area contributed by atoms with Crippen LogP contribution >= 0.6 is 11.8 Å². The second-order valence-electron chi connectivity index (χ2n) is 5.17. The number of aromatic nitrogens is 2. The fraction of sp³-hybridized carbons (Fsp3) is 0.267. The average Bonchev–Trinajstić information content (AvgIpc) is 2.99. The maximum Gasteiger partial charge on any atom is 0.233 e. The van der Waals surface area contributed by atoms with Crippen molar-refractivity contribution in [3.63, 3.8) is 0 Å². The van der Waals surface area contributed by atoms with Crippen LogP contribution in [0.4, 0.5) is 11.6 Å². The lowest BCUT2D eigenvalue weighted by atomic mass is 10.2. The fourth-order valence-corrected chi connectivity index (χ4v) is 2.93. The van der Waals surface area contributed by atoms with Crippen LogP contribution in [0.3, 0.4) is 0 Å². The molecule has 2 heterocycles. The van der Waals surface area contributed by atoms with Gasteiger partial charge in [-0.25, -0.2) is 9.97 Å². The van der Waals surface area contributed by atoms with Crippen molar-refractivity contribution < 1.29 is 14.3 Å². The fourth-order valence-electron chi connectivity index (χ4n) is 2.11. The number of benzene rings is 1. The molecule has 0 bridgehead atoms. The van der Waals surface area contributed by atoms with Gasteiger partial charge in [0.05, 0.1) is 5.25 Å². The van der Waals surface area contributed by atoms with E-state index in [-0.39, 0.29) is 29.6 Å². The highest BCUT2D eigenvalue weighted by atomic mass is 32.2. The van der Waals surface area contributed by atoms with Gasteiger partial charge in [-0.3, -0.25) is 4.79 Å². The predicted octanol–water partition coefficient (Wildman–Crippen LogP) is 1.17. The van der Waals surface area contributed by atoms with Gasteiger partial charge < -0.3 is 26.3 Å². The number of nitrogen functional groups attached to an aromatic ring is 2. The molecule has 0 unspecified atom stereocenters. The van der Waals surface area contributed by atoms with Crippen LogP contribution in [0.1, 0.15) is 12.5 Å². The van der Waals surface area contributed by atoms with E-state index in [9.17, 15) is 4.79 Å². The molecule has 1 amide bonds. The SMILES string of the molecule is C[C@@H](Sc1nc(N)cc(N)n1)C(=O)NCc1ccc2c(c1)OCO2. The highest BCUT2D eigenvalue weighted by molar-refractivity contribution is 8.00. The molecular formula is C15H17N5O3S. The molecule has 0 saturated heterocycles. The molecule has 0 radical (unpaired) electrons. The van der Waals surface area contributed by atoms with E-state index in [0.29, 0.717) is 23.2 Å². The Kier molecular flexibility index (Phi) is 4.61. The number of thioether (sulfide) groups is 1. The van der Waals surface area contributed by atoms with Gasteiger partial charge >= 0.3 is 0 Å². The van der Waals surface area contributed by atoms with Gasteiger partial charge in [0.25, 0.3) is 0 Å². The molecular weight excluding hydrogens is 330 g/mol. The summed E-state index contributed by atoms with van der Waals surface area (Å²) in [5, 5.41) is 2.85. The molecule has 0 aliphatic carbocycles. The third-order valence-electron chi connectivity index (χ3n) is 3.30. The van der Waals surface area contributed by atoms with Crippen molar-refractivity contribution in [2.24, 2.45) is 0 Å². The van der Waals surface area contributed by atoms with Crippen molar-refractivity contribution in [3.8, 4) is 11.5 Å². The van der Waals surface area contributed by atoms with E-state index >= 15 is 0 Å². The van der Waals surface area contributed by atoms with Crippen LogP contribution in [0.2, 0.25) is 0 Å². The minimum Gasteiger partial charge on any atom is -0.454 e. The predicted molar refractivity (Wildman–Crippen MR) is 90.6 cm³/mol. The first-order chi connectivity index (χ1) is 11.5. The Balaban J connectivity index is 1.56. The standard InChI is InChI=1S/C15H17N5O3S/c1-8(24-15-19-12(16)5-13(17)20-15)14(21)18-6-9-2-3-10-11(4-9)23-7-22-10/h2-5,8H,6-7H2,1H3,(H,18,21)(H4,16,17,19,20)/t8-/m1/s1. The number of amides is 1. The van der Waals surface area contributed by atoms with Gasteiger partial charge in [-0.1, -0.05) is 17.8 Å². The number of hydrogen-bond acceptors (Lipinski definition) is 8. The van der Waals surface area contributed by atoms with Crippen LogP contribution in [0.15, 0.2) is 29.4 Å². The van der Waals surface area contributed by atoms with Crippen LogP contribution in [-0.4, -0.2) is 27.9 Å². The molecule has 1 aromatic carbocycles. The Morgan fingerprint density at radius 1 is 1.25 bits per heavy atom. The summed E-state index contributed by atoms with van der Waals surface area (Å²) in [5.74, 6) is 1.82. The first-order valence-electron chi connectivity index (χ1n) is 7.24. The highest BCUT2D eigenvalue weighted by Gasteiger charge is 2.17. The third kappa shape index (κ3) is 3.80. The maximum absolute atomic E-state index is 12.2. The number of carbonyl (C=O) groups excluding carboxylic acids is 1. The van der Waals surface area contributed by atoms with E-state index in [1.54, 1.807) is 6.92 Å². The van der Waals surface area contributed by atoms with E-state index in [1.807, 2.05) is 18.2 Å². The van der Waals surface area contributed by atoms with Crippen LogP contribution in [0, 0.1) is 0 Å². The number of nitrogens with one attached hydrogen (secondary N) is 1. The van der Waals surface area contributed by atoms with Gasteiger partial charge in [-0.2, -0.15) is 0 Å². The van der Waals surface area contributed by atoms with E-state index in [0.717, 1.165) is 5.56 Å². The summed E-state index contributed by atoms with van der Waals surface area (Å²) in [7, 11) is 0. The third-order valence-corrected chi connectivity index (χ3v) is 4.26. The summed E-state index contributed by atoms with van der Waals surface area (Å²) < 4.78 is 10.6. The minimum absolute atomic E-state index is 0.137. The number of nitrogens with two attached hydrogens (primary N) is 2. The van der Waals surface area contributed by atoms with Crippen molar-refractivity contribution in [3.05, 3.63) is 29.8 Å². The second kappa shape index (κ2) is 6.83. The van der Waals surface area contributed by atoms with Crippen LogP contribution < -0.4 is 26.3 Å². The molecule has 1 aliphatic heterocycles. The molecule has 0 fully saturated rings. The van der Waals surface area contributed by atoms with E-state index < -0.39 is 0 Å². The second-order valence-corrected chi connectivity index (χ2v) is 6.47. The molecule has 126 valence electrons. The molecule has 5 N–H and O–H groups in total. The number of nitrogens with zero attached hydrogens (tertiary/aromatic N) is 2. The summed E-state index contributed by atoms with van der Waals surface area (Å²) >= 11 is 1.20. The van der Waals surface area contributed by atoms with Gasteiger partial charge in [0, 0.05) is 12.6 Å². The largest absolute Gasteiger partial charge is 0.454 e. The summed E-state index contributed by atoms with van der Waals surface area (Å²) in [4.78, 5) is 20.3. The van der Waals surface area contributed by atoms with E-state index in [1.165, 1.54) is 17.8 Å². The molecule has 1 aromatic heterocycles. The number of carbonyl (C=O) groups is 1. The Hall–Kier alpha value is -2.68. The lowest BCUT2D eigenvalue weighted by Crippen LogP contribution is -2.30. The number of fused-ring (bicyclic) bond motifs is 1. The summed E-state index contributed by atoms with van der Waals surface area (Å²) in [6.07, 6.45) is 0. The summed E-state index contributed by atoms with van der Waals surface area (Å²) in [6, 6.07) is 7.02. The van der Waals surface area contributed by atoms with Crippen LogP contribution in [0.5, 0.6) is 11.5 Å². The lowest BCUT2D eigenvalue weighted by Gasteiger charge is -2.12. The first kappa shape index (κ1) is 16.2. The van der Waals surface area contributed by atoms with Gasteiger partial charge in [0.2, 0.25) is 12.7 Å². The molecule has 24 heavy (non-hydrogen) atoms. The smallest absolute Gasteiger partial charge is 0.233 e. The molecule has 9 heteroatoms. The van der Waals surface area contributed by atoms with Gasteiger partial charge in [0.1, 0.15) is 11.6 Å². The molecule has 0 saturated carbocycles. The Labute approximate surface area is 142 Å². The quantitative estimate of drug-likeness (QED) is 0.543. The zero-order valence-electron chi connectivity index (χ0n) is 13.0. The van der Waals surface area contributed by atoms with Crippen molar-refractivity contribution in [1.82, 2.24) is 15.3 Å². The number of ether oxygens (including phenoxy) is 2. The summed E-state index contributed by atoms with van der Waals surface area (Å²) in [6.45, 7) is 2.38. The average molecular weight is 347 g/mol. The number of rotatable bonds is 5. The van der Waals surface area contributed by atoms with Gasteiger partial charge in [0.15, 0.2) is 16.7 Å². The van der Waals surface area contributed by atoms with Crippen LogP contribution in [0.25, 0.3) is 0 Å². The zero-order valence-corrected chi connectivity index (χ0v) is 13.8. The van der Waals surface area contributed by atoms with Crippen molar-refractivity contribution in [2.75, 3.05) is 18.3 Å². The normalized spacial score (nSPS) is 13.5. The topological polar surface area (TPSA) is 125 Å². The highest BCUT2D eigenvalue weighted by Crippen LogP contribution is 2.32. The van der Waals surface area contributed by atoms with Crippen molar-refractivity contribution in [2.45, 2.75) is 23.9 Å². The van der Waals surface area contributed by atoms with E-state index in [4.69, 9.17) is 20.9 Å². The summed E-state index contributed by atoms with van der Waals surface area (Å²) in [5.41, 5.74) is 12.2. The number of hydrogen-bond donors (Lipinski definition) is 3. The number of anilines is 2. The van der Waals surface area contributed by atoms with Crippen molar-refractivity contribution >= 4 is 29.3 Å².